The molecule has 0 bridgehead atoms. The summed E-state index contributed by atoms with van der Waals surface area (Å²) in [5.41, 5.74) is 2.44. The highest BCUT2D eigenvalue weighted by atomic mass is 32.1. The molecule has 1 N–H and O–H groups in total. The first kappa shape index (κ1) is 9.00. The van der Waals surface area contributed by atoms with Crippen molar-refractivity contribution in [3.05, 3.63) is 37.1 Å². The lowest BCUT2D eigenvalue weighted by Crippen LogP contribution is -2.37. The molecule has 2 unspecified atom stereocenters. The maximum atomic E-state index is 5.30. The van der Waals surface area contributed by atoms with Gasteiger partial charge in [-0.15, -0.1) is 6.58 Å². The predicted molar refractivity (Wildman–Crippen MR) is 52.9 cm³/mol. The van der Waals surface area contributed by atoms with Crippen LogP contribution in [0.4, 0.5) is 0 Å². The highest BCUT2D eigenvalue weighted by Crippen LogP contribution is 2.07. The minimum absolute atomic E-state index is 0.0105. The third kappa shape index (κ3) is 2.20. The Balaban J connectivity index is 2.53. The van der Waals surface area contributed by atoms with Gasteiger partial charge in [0.25, 0.3) is 0 Å². The Kier molecular flexibility index (Phi) is 3.54. The van der Waals surface area contributed by atoms with E-state index in [4.69, 9.17) is 4.74 Å². The van der Waals surface area contributed by atoms with Gasteiger partial charge in [0.05, 0.1) is 12.3 Å². The van der Waals surface area contributed by atoms with Crippen LogP contribution in [0.5, 0.6) is 0 Å². The summed E-state index contributed by atoms with van der Waals surface area (Å²) in [6.45, 7) is 3.67. The molecule has 1 radical (unpaired) electrons. The van der Waals surface area contributed by atoms with Gasteiger partial charge in [-0.1, -0.05) is 24.4 Å². The van der Waals surface area contributed by atoms with Crippen molar-refractivity contribution in [2.75, 3.05) is 0 Å². The van der Waals surface area contributed by atoms with E-state index < -0.39 is 0 Å². The molecule has 63 valence electrons. The van der Waals surface area contributed by atoms with Gasteiger partial charge in [-0.2, -0.15) is 0 Å². The van der Waals surface area contributed by atoms with E-state index in [9.17, 15) is 0 Å². The molecular weight excluding hydrogens is 170 g/mol. The maximum Gasteiger partial charge on any atom is 0.140 e. The molecule has 0 aliphatic carbocycles. The van der Waals surface area contributed by atoms with Crippen LogP contribution in [0, 0.1) is 0 Å². The summed E-state index contributed by atoms with van der Waals surface area (Å²) < 4.78 is 5.30. The van der Waals surface area contributed by atoms with Crippen LogP contribution in [0.15, 0.2) is 37.1 Å². The average molecular weight is 180 g/mol. The first-order valence-corrected chi connectivity index (χ1v) is 4.03. The number of nitrogens with one attached hydrogen (secondary N) is 1. The fourth-order valence-corrected chi connectivity index (χ4v) is 1.08. The van der Waals surface area contributed by atoms with Crippen LogP contribution in [-0.4, -0.2) is 17.6 Å². The molecule has 0 amide bonds. The van der Waals surface area contributed by atoms with E-state index in [1.807, 2.05) is 18.2 Å². The van der Waals surface area contributed by atoms with Crippen molar-refractivity contribution in [1.82, 2.24) is 5.32 Å². The maximum absolute atomic E-state index is 5.30. The smallest absolute Gasteiger partial charge is 0.140 e. The first-order valence-electron chi connectivity index (χ1n) is 3.62. The second-order valence-corrected chi connectivity index (χ2v) is 2.53. The quantitative estimate of drug-likeness (QED) is 0.402. The number of hydrogen-bond acceptors (Lipinski definition) is 2. The fourth-order valence-electron chi connectivity index (χ4n) is 0.948. The van der Waals surface area contributed by atoms with E-state index in [-0.39, 0.29) is 12.1 Å². The van der Waals surface area contributed by atoms with Crippen LogP contribution in [0.3, 0.4) is 0 Å². The highest BCUT2D eigenvalue weighted by Gasteiger charge is 2.15. The topological polar surface area (TPSA) is 21.3 Å². The van der Waals surface area contributed by atoms with E-state index in [0.717, 1.165) is 0 Å². The molecule has 0 saturated carbocycles. The van der Waals surface area contributed by atoms with Gasteiger partial charge < -0.3 is 10.1 Å². The zero-order valence-corrected chi connectivity index (χ0v) is 7.38. The molecule has 2 nitrogen and oxygen atoms in total. The Hall–Kier alpha value is -1.09. The number of allylic oxidation sites excluding steroid dienone is 2. The van der Waals surface area contributed by atoms with Crippen molar-refractivity contribution in [2.45, 2.75) is 12.1 Å². The molecule has 0 fully saturated rings. The van der Waals surface area contributed by atoms with E-state index >= 15 is 0 Å². The van der Waals surface area contributed by atoms with Gasteiger partial charge in [0.1, 0.15) is 11.6 Å². The molecule has 0 spiro atoms. The fraction of sp³-hybridized carbons (Fsp3) is 0.222. The summed E-state index contributed by atoms with van der Waals surface area (Å²) >= 11 is 4.56. The van der Waals surface area contributed by atoms with Crippen LogP contribution in [0.1, 0.15) is 0 Å². The van der Waals surface area contributed by atoms with Crippen molar-refractivity contribution in [1.29, 1.82) is 0 Å². The molecule has 3 heteroatoms. The minimum atomic E-state index is -0.0389. The zero-order valence-electron chi connectivity index (χ0n) is 6.57. The lowest BCUT2D eigenvalue weighted by Gasteiger charge is -2.22. The number of thiocarbonyl (C=S) groups is 1. The first-order chi connectivity index (χ1) is 5.88. The van der Waals surface area contributed by atoms with Crippen molar-refractivity contribution in [3.63, 3.8) is 0 Å². The lowest BCUT2D eigenvalue weighted by atomic mass is 10.1. The van der Waals surface area contributed by atoms with Gasteiger partial charge in [0.15, 0.2) is 0 Å². The zero-order chi connectivity index (χ0) is 8.81. The van der Waals surface area contributed by atoms with E-state index in [1.54, 1.807) is 12.3 Å². The second kappa shape index (κ2) is 4.72. The summed E-state index contributed by atoms with van der Waals surface area (Å²) in [5, 5.41) is 2.84. The van der Waals surface area contributed by atoms with Crippen molar-refractivity contribution in [2.24, 2.45) is 0 Å². The summed E-state index contributed by atoms with van der Waals surface area (Å²) in [4.78, 5) is 0. The Morgan fingerprint density at radius 1 is 1.67 bits per heavy atom. The van der Waals surface area contributed by atoms with Crippen LogP contribution in [0.25, 0.3) is 0 Å². The Morgan fingerprint density at radius 2 is 2.50 bits per heavy atom. The highest BCUT2D eigenvalue weighted by molar-refractivity contribution is 7.78. The summed E-state index contributed by atoms with van der Waals surface area (Å²) in [6, 6.07) is -0.0105. The molecule has 2 atom stereocenters. The average Bonchev–Trinajstić information content (AvgIpc) is 2.15. The van der Waals surface area contributed by atoms with Gasteiger partial charge in [-0.3, -0.25) is 0 Å². The summed E-state index contributed by atoms with van der Waals surface area (Å²) in [6.07, 6.45) is 9.04. The van der Waals surface area contributed by atoms with Crippen molar-refractivity contribution in [3.8, 4) is 0 Å². The molecule has 1 aliphatic heterocycles. The number of ether oxygens (including phenoxy) is 1. The van der Waals surface area contributed by atoms with E-state index in [0.29, 0.717) is 0 Å². The number of hydrogen-bond donors (Lipinski definition) is 1. The monoisotopic (exact) mass is 180 g/mol. The molecule has 1 rings (SSSR count). The van der Waals surface area contributed by atoms with Crippen LogP contribution < -0.4 is 5.32 Å². The normalized spacial score (nSPS) is 22.5. The third-order valence-corrected chi connectivity index (χ3v) is 1.68. The van der Waals surface area contributed by atoms with Crippen LogP contribution in [-0.2, 0) is 4.74 Å². The summed E-state index contributed by atoms with van der Waals surface area (Å²) in [7, 11) is 0. The Bertz CT molecular complexity index is 221. The van der Waals surface area contributed by atoms with E-state index in [1.165, 1.54) is 0 Å². The molecule has 0 aromatic heterocycles. The van der Waals surface area contributed by atoms with Crippen molar-refractivity contribution < 1.29 is 4.74 Å². The Morgan fingerprint density at radius 3 is 3.00 bits per heavy atom. The van der Waals surface area contributed by atoms with Crippen LogP contribution in [0.2, 0.25) is 0 Å². The molecule has 1 aliphatic rings. The molecule has 1 heterocycles. The van der Waals surface area contributed by atoms with Gasteiger partial charge in [0.2, 0.25) is 0 Å². The Labute approximate surface area is 77.6 Å². The molecule has 0 aromatic rings. The molecule has 0 aromatic carbocycles. The molecule has 0 saturated heterocycles. The van der Waals surface area contributed by atoms with Gasteiger partial charge >= 0.3 is 0 Å². The van der Waals surface area contributed by atoms with Gasteiger partial charge in [0, 0.05) is 0 Å². The van der Waals surface area contributed by atoms with Gasteiger partial charge in [-0.05, 0) is 12.2 Å². The summed E-state index contributed by atoms with van der Waals surface area (Å²) in [5.74, 6) is 0. The number of rotatable bonds is 4. The largest absolute Gasteiger partial charge is 0.491 e. The van der Waals surface area contributed by atoms with Crippen molar-refractivity contribution >= 4 is 17.7 Å². The molecular formula is C9H10NOS. The SMILES string of the molecule is C=CC(N[C]=S)C1C=CC=CO1. The minimum Gasteiger partial charge on any atom is -0.491 e. The molecule has 12 heavy (non-hydrogen) atoms. The van der Waals surface area contributed by atoms with E-state index in [2.05, 4.69) is 29.6 Å². The van der Waals surface area contributed by atoms with Gasteiger partial charge in [-0.25, -0.2) is 0 Å². The lowest BCUT2D eigenvalue weighted by molar-refractivity contribution is 0.165. The predicted octanol–water partition coefficient (Wildman–Crippen LogP) is 1.43. The second-order valence-electron chi connectivity index (χ2n) is 2.32. The third-order valence-electron chi connectivity index (χ3n) is 1.56. The standard InChI is InChI=1S/C9H10NOS/c1-2-8(10-7-12)9-5-3-4-6-11-9/h2-6,8-9H,1H2,(H,10,12). The van der Waals surface area contributed by atoms with Crippen LogP contribution >= 0.6 is 12.2 Å².